The van der Waals surface area contributed by atoms with Crippen molar-refractivity contribution in [1.29, 1.82) is 0 Å². The summed E-state index contributed by atoms with van der Waals surface area (Å²) in [5.41, 5.74) is 12.0. The topological polar surface area (TPSA) is 16.4 Å². The highest BCUT2D eigenvalue weighted by molar-refractivity contribution is 9.10. The lowest BCUT2D eigenvalue weighted by Crippen LogP contribution is -2.28. The van der Waals surface area contributed by atoms with E-state index in [9.17, 15) is 0 Å². The lowest BCUT2D eigenvalue weighted by molar-refractivity contribution is 0.648. The van der Waals surface area contributed by atoms with Gasteiger partial charge in [-0.2, -0.15) is 0 Å². The molecule has 0 unspecified atom stereocenters. The van der Waals surface area contributed by atoms with E-state index in [4.69, 9.17) is 4.42 Å². The normalized spacial score (nSPS) is 13.1. The maximum atomic E-state index is 6.75. The van der Waals surface area contributed by atoms with Gasteiger partial charge in [0.15, 0.2) is 0 Å². The Balaban J connectivity index is 1.32. The Morgan fingerprint density at radius 2 is 0.957 bits per heavy atom. The van der Waals surface area contributed by atoms with Crippen LogP contribution in [0.3, 0.4) is 0 Å². The first-order chi connectivity index (χ1) is 22.7. The van der Waals surface area contributed by atoms with E-state index >= 15 is 0 Å². The summed E-state index contributed by atoms with van der Waals surface area (Å²) in [5, 5.41) is 2.27. The third kappa shape index (κ3) is 3.95. The van der Waals surface area contributed by atoms with E-state index in [2.05, 4.69) is 185 Å². The van der Waals surface area contributed by atoms with Crippen molar-refractivity contribution in [3.8, 4) is 11.1 Å². The quantitative estimate of drug-likeness (QED) is 0.184. The molecule has 1 aromatic heterocycles. The fourth-order valence-corrected chi connectivity index (χ4v) is 7.77. The van der Waals surface area contributed by atoms with Gasteiger partial charge in [0.05, 0.1) is 5.41 Å². The zero-order chi connectivity index (χ0) is 30.7. The van der Waals surface area contributed by atoms with Crippen LogP contribution in [0.25, 0.3) is 33.1 Å². The second-order valence-corrected chi connectivity index (χ2v) is 12.7. The first-order valence-corrected chi connectivity index (χ1v) is 16.3. The molecule has 2 nitrogen and oxygen atoms in total. The molecule has 0 spiro atoms. The molecule has 0 aliphatic heterocycles. The Hall–Kier alpha value is -5.38. The molecule has 1 aliphatic rings. The monoisotopic (exact) mass is 653 g/mol. The fourth-order valence-electron chi connectivity index (χ4n) is 7.51. The molecule has 7 aromatic carbocycles. The molecule has 0 amide bonds. The summed E-state index contributed by atoms with van der Waals surface area (Å²) in [6, 6.07) is 60.9. The summed E-state index contributed by atoms with van der Waals surface area (Å²) in [6.45, 7) is 0. The van der Waals surface area contributed by atoms with Crippen LogP contribution in [0.4, 0.5) is 17.1 Å². The smallest absolute Gasteiger partial charge is 0.140 e. The Bertz CT molecular complexity index is 2330. The van der Waals surface area contributed by atoms with Gasteiger partial charge in [-0.1, -0.05) is 131 Å². The molecule has 1 aliphatic carbocycles. The number of fused-ring (bicyclic) bond motifs is 6. The lowest BCUT2D eigenvalue weighted by Gasteiger charge is -2.34. The van der Waals surface area contributed by atoms with Gasteiger partial charge in [0.2, 0.25) is 0 Å². The van der Waals surface area contributed by atoms with Crippen LogP contribution in [0.5, 0.6) is 0 Å². The first kappa shape index (κ1) is 27.0. The Morgan fingerprint density at radius 1 is 0.435 bits per heavy atom. The molecule has 8 aromatic rings. The van der Waals surface area contributed by atoms with Crippen LogP contribution in [0, 0.1) is 0 Å². The Morgan fingerprint density at radius 3 is 1.65 bits per heavy atom. The molecule has 0 N–H and O–H groups in total. The van der Waals surface area contributed by atoms with Crippen molar-refractivity contribution in [3.05, 3.63) is 197 Å². The van der Waals surface area contributed by atoms with Crippen LogP contribution >= 0.6 is 15.9 Å². The molecule has 0 bridgehead atoms. The van der Waals surface area contributed by atoms with E-state index in [0.717, 1.165) is 49.0 Å². The number of halogens is 1. The van der Waals surface area contributed by atoms with E-state index in [1.54, 1.807) is 0 Å². The predicted molar refractivity (Wildman–Crippen MR) is 193 cm³/mol. The summed E-state index contributed by atoms with van der Waals surface area (Å²) in [5.74, 6) is 0. The van der Waals surface area contributed by atoms with Crippen LogP contribution in [0.1, 0.15) is 22.3 Å². The molecular weight excluding hydrogens is 626 g/mol. The average molecular weight is 655 g/mol. The van der Waals surface area contributed by atoms with Gasteiger partial charge in [-0.05, 0) is 82.4 Å². The zero-order valence-corrected chi connectivity index (χ0v) is 26.5. The molecule has 1 heterocycles. The number of rotatable bonds is 5. The average Bonchev–Trinajstić information content (AvgIpc) is 3.64. The van der Waals surface area contributed by atoms with Crippen molar-refractivity contribution < 1.29 is 4.42 Å². The van der Waals surface area contributed by atoms with Gasteiger partial charge in [0.1, 0.15) is 11.2 Å². The van der Waals surface area contributed by atoms with Gasteiger partial charge < -0.3 is 9.32 Å². The predicted octanol–water partition coefficient (Wildman–Crippen LogP) is 12.2. The molecule has 9 rings (SSSR count). The van der Waals surface area contributed by atoms with Crippen LogP contribution in [-0.4, -0.2) is 0 Å². The van der Waals surface area contributed by atoms with Gasteiger partial charge in [-0.15, -0.1) is 0 Å². The number of hydrogen-bond acceptors (Lipinski definition) is 2. The van der Waals surface area contributed by atoms with Gasteiger partial charge in [0.25, 0.3) is 0 Å². The fraction of sp³-hybridized carbons (Fsp3) is 0.0233. The summed E-state index contributed by atoms with van der Waals surface area (Å²) in [6.07, 6.45) is 0. The standard InChI is InChI=1S/C43H28BrNO/c44-30-23-27-33(28-24-30)45(31-11-2-1-3-12-31)32-25-21-29(22-26-32)43(38-17-7-4-13-34(38)35-14-5-8-18-39(35)43)40-19-10-16-37-36-15-6-9-20-41(36)46-42(37)40/h1-28H. The van der Waals surface area contributed by atoms with Gasteiger partial charge in [-0.25, -0.2) is 0 Å². The second kappa shape index (κ2) is 10.6. The summed E-state index contributed by atoms with van der Waals surface area (Å²) >= 11 is 3.61. The van der Waals surface area contributed by atoms with E-state index in [1.807, 2.05) is 6.07 Å². The SMILES string of the molecule is Brc1ccc(N(c2ccccc2)c2ccc(C3(c4cccc5c4oc4ccccc45)c4ccccc4-c4ccccc43)cc2)cc1. The molecule has 0 saturated heterocycles. The van der Waals surface area contributed by atoms with Crippen LogP contribution in [-0.2, 0) is 5.41 Å². The molecule has 218 valence electrons. The van der Waals surface area contributed by atoms with Gasteiger partial charge >= 0.3 is 0 Å². The van der Waals surface area contributed by atoms with Gasteiger partial charge in [0, 0.05) is 37.9 Å². The van der Waals surface area contributed by atoms with Crippen molar-refractivity contribution >= 4 is 54.9 Å². The zero-order valence-electron chi connectivity index (χ0n) is 24.9. The number of para-hydroxylation sites is 3. The van der Waals surface area contributed by atoms with E-state index < -0.39 is 5.41 Å². The highest BCUT2D eigenvalue weighted by Gasteiger charge is 2.47. The lowest BCUT2D eigenvalue weighted by atomic mass is 9.67. The number of benzene rings is 7. The first-order valence-electron chi connectivity index (χ1n) is 15.5. The molecule has 0 radical (unpaired) electrons. The largest absolute Gasteiger partial charge is 0.456 e. The maximum Gasteiger partial charge on any atom is 0.140 e. The Kier molecular flexibility index (Phi) is 6.22. The summed E-state index contributed by atoms with van der Waals surface area (Å²) < 4.78 is 7.80. The van der Waals surface area contributed by atoms with Crippen molar-refractivity contribution in [3.63, 3.8) is 0 Å². The summed E-state index contributed by atoms with van der Waals surface area (Å²) in [4.78, 5) is 2.30. The molecule has 46 heavy (non-hydrogen) atoms. The van der Waals surface area contributed by atoms with Crippen molar-refractivity contribution in [1.82, 2.24) is 0 Å². The molecule has 0 atom stereocenters. The number of nitrogens with zero attached hydrogens (tertiary/aromatic N) is 1. The van der Waals surface area contributed by atoms with E-state index in [-0.39, 0.29) is 0 Å². The van der Waals surface area contributed by atoms with Crippen LogP contribution in [0.15, 0.2) is 179 Å². The van der Waals surface area contributed by atoms with Crippen molar-refractivity contribution in [2.75, 3.05) is 4.90 Å². The Labute approximate surface area is 276 Å². The number of hydrogen-bond donors (Lipinski definition) is 0. The molecule has 0 fully saturated rings. The highest BCUT2D eigenvalue weighted by Crippen LogP contribution is 2.57. The second-order valence-electron chi connectivity index (χ2n) is 11.8. The van der Waals surface area contributed by atoms with E-state index in [1.165, 1.54) is 27.8 Å². The van der Waals surface area contributed by atoms with Crippen LogP contribution < -0.4 is 4.90 Å². The third-order valence-electron chi connectivity index (χ3n) is 9.42. The number of furan rings is 1. The highest BCUT2D eigenvalue weighted by atomic mass is 79.9. The minimum absolute atomic E-state index is 0.575. The minimum Gasteiger partial charge on any atom is -0.456 e. The van der Waals surface area contributed by atoms with Crippen molar-refractivity contribution in [2.45, 2.75) is 5.41 Å². The van der Waals surface area contributed by atoms with E-state index in [0.29, 0.717) is 0 Å². The third-order valence-corrected chi connectivity index (χ3v) is 9.95. The van der Waals surface area contributed by atoms with Crippen molar-refractivity contribution in [2.24, 2.45) is 0 Å². The molecule has 0 saturated carbocycles. The number of anilines is 3. The van der Waals surface area contributed by atoms with Gasteiger partial charge in [-0.3, -0.25) is 0 Å². The molecular formula is C43H28BrNO. The minimum atomic E-state index is -0.575. The van der Waals surface area contributed by atoms with Crippen LogP contribution in [0.2, 0.25) is 0 Å². The summed E-state index contributed by atoms with van der Waals surface area (Å²) in [7, 11) is 0. The maximum absolute atomic E-state index is 6.75. The molecule has 3 heteroatoms.